The van der Waals surface area contributed by atoms with Gasteiger partial charge in [-0.3, -0.25) is 0 Å². The Balaban J connectivity index is 2.00. The van der Waals surface area contributed by atoms with Crippen LogP contribution in [0, 0.1) is 5.92 Å². The molecule has 0 aromatic heterocycles. The second-order valence-electron chi connectivity index (χ2n) is 5.33. The molecule has 0 aromatic rings. The standard InChI is InChI=1S/C15H31NO2/c1-3-15(14-8-5-4-6-9-14)16-10-7-11-18-13-12-17-2/h14-16H,3-13H2,1-2H3. The molecule has 1 aliphatic rings. The molecule has 1 aliphatic carbocycles. The van der Waals surface area contributed by atoms with E-state index >= 15 is 0 Å². The van der Waals surface area contributed by atoms with Gasteiger partial charge in [-0.2, -0.15) is 0 Å². The highest BCUT2D eigenvalue weighted by Crippen LogP contribution is 2.27. The van der Waals surface area contributed by atoms with Gasteiger partial charge in [0, 0.05) is 19.8 Å². The van der Waals surface area contributed by atoms with E-state index in [-0.39, 0.29) is 0 Å². The summed E-state index contributed by atoms with van der Waals surface area (Å²) in [5.74, 6) is 0.915. The molecule has 1 rings (SSSR count). The van der Waals surface area contributed by atoms with Crippen LogP contribution in [0.3, 0.4) is 0 Å². The molecule has 0 amide bonds. The Morgan fingerprint density at radius 1 is 1.11 bits per heavy atom. The summed E-state index contributed by atoms with van der Waals surface area (Å²) in [5.41, 5.74) is 0. The van der Waals surface area contributed by atoms with Crippen LogP contribution in [0.2, 0.25) is 0 Å². The minimum Gasteiger partial charge on any atom is -0.382 e. The summed E-state index contributed by atoms with van der Waals surface area (Å²) in [6.45, 7) is 5.66. The van der Waals surface area contributed by atoms with E-state index in [0.29, 0.717) is 6.61 Å². The molecule has 18 heavy (non-hydrogen) atoms. The Morgan fingerprint density at radius 3 is 2.56 bits per heavy atom. The molecule has 1 unspecified atom stereocenters. The first-order valence-electron chi connectivity index (χ1n) is 7.68. The van der Waals surface area contributed by atoms with Gasteiger partial charge >= 0.3 is 0 Å². The highest BCUT2D eigenvalue weighted by molar-refractivity contribution is 4.78. The molecule has 0 aromatic carbocycles. The first kappa shape index (κ1) is 15.9. The molecule has 0 aliphatic heterocycles. The number of methoxy groups -OCH3 is 1. The van der Waals surface area contributed by atoms with Crippen LogP contribution in [0.15, 0.2) is 0 Å². The molecule has 1 atom stereocenters. The summed E-state index contributed by atoms with van der Waals surface area (Å²) in [4.78, 5) is 0. The first-order chi connectivity index (χ1) is 8.88. The van der Waals surface area contributed by atoms with Crippen molar-refractivity contribution in [3.05, 3.63) is 0 Å². The molecule has 0 spiro atoms. The number of hydrogen-bond donors (Lipinski definition) is 1. The lowest BCUT2D eigenvalue weighted by molar-refractivity contribution is 0.0688. The van der Waals surface area contributed by atoms with E-state index < -0.39 is 0 Å². The van der Waals surface area contributed by atoms with Crippen LogP contribution in [-0.4, -0.2) is 39.5 Å². The fraction of sp³-hybridized carbons (Fsp3) is 1.00. The third kappa shape index (κ3) is 6.72. The molecular weight excluding hydrogens is 226 g/mol. The van der Waals surface area contributed by atoms with Crippen molar-refractivity contribution >= 4 is 0 Å². The SMILES string of the molecule is CCC(NCCCOCCOC)C1CCCCC1. The monoisotopic (exact) mass is 257 g/mol. The van der Waals surface area contributed by atoms with Crippen molar-refractivity contribution in [3.63, 3.8) is 0 Å². The van der Waals surface area contributed by atoms with Crippen LogP contribution in [0.25, 0.3) is 0 Å². The van der Waals surface area contributed by atoms with E-state index in [2.05, 4.69) is 12.2 Å². The van der Waals surface area contributed by atoms with Crippen molar-refractivity contribution < 1.29 is 9.47 Å². The van der Waals surface area contributed by atoms with E-state index in [1.54, 1.807) is 7.11 Å². The van der Waals surface area contributed by atoms with Gasteiger partial charge in [0.1, 0.15) is 0 Å². The van der Waals surface area contributed by atoms with E-state index in [1.807, 2.05) is 0 Å². The predicted molar refractivity (Wildman–Crippen MR) is 76.0 cm³/mol. The van der Waals surface area contributed by atoms with Crippen LogP contribution < -0.4 is 5.32 Å². The van der Waals surface area contributed by atoms with Crippen LogP contribution >= 0.6 is 0 Å². The van der Waals surface area contributed by atoms with Crippen LogP contribution in [0.5, 0.6) is 0 Å². The molecule has 0 heterocycles. The van der Waals surface area contributed by atoms with Gasteiger partial charge in [-0.05, 0) is 38.1 Å². The Bertz CT molecular complexity index is 181. The topological polar surface area (TPSA) is 30.5 Å². The average molecular weight is 257 g/mol. The lowest BCUT2D eigenvalue weighted by atomic mass is 9.83. The largest absolute Gasteiger partial charge is 0.382 e. The smallest absolute Gasteiger partial charge is 0.0700 e. The lowest BCUT2D eigenvalue weighted by Crippen LogP contribution is -2.37. The van der Waals surface area contributed by atoms with Gasteiger partial charge in [0.05, 0.1) is 13.2 Å². The van der Waals surface area contributed by atoms with Gasteiger partial charge in [-0.15, -0.1) is 0 Å². The summed E-state index contributed by atoms with van der Waals surface area (Å²) >= 11 is 0. The van der Waals surface area contributed by atoms with Gasteiger partial charge in [0.15, 0.2) is 0 Å². The summed E-state index contributed by atoms with van der Waals surface area (Å²) in [6, 6.07) is 0.726. The van der Waals surface area contributed by atoms with E-state index in [0.717, 1.165) is 38.1 Å². The third-order valence-electron chi connectivity index (χ3n) is 3.96. The maximum atomic E-state index is 5.47. The quantitative estimate of drug-likeness (QED) is 0.610. The molecule has 1 N–H and O–H groups in total. The van der Waals surface area contributed by atoms with Gasteiger partial charge < -0.3 is 14.8 Å². The molecule has 1 saturated carbocycles. The molecular formula is C15H31NO2. The minimum atomic E-state index is 0.701. The Labute approximate surface area is 113 Å². The predicted octanol–water partition coefficient (Wildman–Crippen LogP) is 2.99. The first-order valence-corrected chi connectivity index (χ1v) is 7.68. The maximum Gasteiger partial charge on any atom is 0.0700 e. The van der Waals surface area contributed by atoms with Crippen molar-refractivity contribution in [2.75, 3.05) is 33.5 Å². The molecule has 3 nitrogen and oxygen atoms in total. The van der Waals surface area contributed by atoms with Crippen molar-refractivity contribution in [2.45, 2.75) is 57.9 Å². The van der Waals surface area contributed by atoms with Gasteiger partial charge in [-0.25, -0.2) is 0 Å². The van der Waals surface area contributed by atoms with Gasteiger partial charge in [-0.1, -0.05) is 26.2 Å². The third-order valence-corrected chi connectivity index (χ3v) is 3.96. The number of hydrogen-bond acceptors (Lipinski definition) is 3. The number of nitrogens with one attached hydrogen (secondary N) is 1. The number of ether oxygens (including phenoxy) is 2. The molecule has 0 bridgehead atoms. The maximum absolute atomic E-state index is 5.47. The van der Waals surface area contributed by atoms with Crippen molar-refractivity contribution in [2.24, 2.45) is 5.92 Å². The molecule has 108 valence electrons. The van der Waals surface area contributed by atoms with Crippen LogP contribution in [-0.2, 0) is 9.47 Å². The lowest BCUT2D eigenvalue weighted by Gasteiger charge is -2.30. The zero-order chi connectivity index (χ0) is 13.1. The zero-order valence-corrected chi connectivity index (χ0v) is 12.2. The Hall–Kier alpha value is -0.120. The highest BCUT2D eigenvalue weighted by Gasteiger charge is 2.21. The highest BCUT2D eigenvalue weighted by atomic mass is 16.5. The van der Waals surface area contributed by atoms with Crippen LogP contribution in [0.4, 0.5) is 0 Å². The molecule has 0 saturated heterocycles. The average Bonchev–Trinajstić information content (AvgIpc) is 2.43. The normalized spacial score (nSPS) is 19.0. The minimum absolute atomic E-state index is 0.701. The van der Waals surface area contributed by atoms with E-state index in [9.17, 15) is 0 Å². The second kappa shape index (κ2) is 10.8. The molecule has 0 radical (unpaired) electrons. The molecule has 1 fully saturated rings. The summed E-state index contributed by atoms with van der Waals surface area (Å²) in [5, 5.41) is 3.72. The molecule has 3 heteroatoms. The van der Waals surface area contributed by atoms with E-state index in [4.69, 9.17) is 9.47 Å². The van der Waals surface area contributed by atoms with Crippen molar-refractivity contribution in [3.8, 4) is 0 Å². The Kier molecular flexibility index (Phi) is 9.54. The zero-order valence-electron chi connectivity index (χ0n) is 12.2. The fourth-order valence-corrected chi connectivity index (χ4v) is 2.89. The summed E-state index contributed by atoms with van der Waals surface area (Å²) in [7, 11) is 1.71. The van der Waals surface area contributed by atoms with Crippen molar-refractivity contribution in [1.82, 2.24) is 5.32 Å². The summed E-state index contributed by atoms with van der Waals surface area (Å²) < 4.78 is 10.4. The van der Waals surface area contributed by atoms with Crippen molar-refractivity contribution in [1.29, 1.82) is 0 Å². The van der Waals surface area contributed by atoms with Crippen LogP contribution in [0.1, 0.15) is 51.9 Å². The second-order valence-corrected chi connectivity index (χ2v) is 5.33. The fourth-order valence-electron chi connectivity index (χ4n) is 2.89. The van der Waals surface area contributed by atoms with E-state index in [1.165, 1.54) is 38.5 Å². The Morgan fingerprint density at radius 2 is 1.89 bits per heavy atom. The summed E-state index contributed by atoms with van der Waals surface area (Å²) in [6.07, 6.45) is 9.53. The van der Waals surface area contributed by atoms with Gasteiger partial charge in [0.25, 0.3) is 0 Å². The van der Waals surface area contributed by atoms with Gasteiger partial charge in [0.2, 0.25) is 0 Å². The number of rotatable bonds is 10.